The van der Waals surface area contributed by atoms with E-state index in [-0.39, 0.29) is 5.09 Å². The SMILES string of the molecule is CNS(=O)(=O)c1ccc(CNCc2c(C)nn(C)c2C)o1. The Balaban J connectivity index is 1.98. The van der Waals surface area contributed by atoms with E-state index in [2.05, 4.69) is 15.1 Å². The minimum atomic E-state index is -3.52. The van der Waals surface area contributed by atoms with Crippen LogP contribution in [0.2, 0.25) is 0 Å². The summed E-state index contributed by atoms with van der Waals surface area (Å²) in [5.41, 5.74) is 3.24. The Kier molecular flexibility index (Phi) is 4.50. The Morgan fingerprint density at radius 1 is 1.29 bits per heavy atom. The van der Waals surface area contributed by atoms with Gasteiger partial charge in [0.2, 0.25) is 5.09 Å². The zero-order valence-corrected chi connectivity index (χ0v) is 13.4. The van der Waals surface area contributed by atoms with Crippen molar-refractivity contribution in [3.63, 3.8) is 0 Å². The highest BCUT2D eigenvalue weighted by atomic mass is 32.2. The maximum atomic E-state index is 11.6. The van der Waals surface area contributed by atoms with Crippen LogP contribution < -0.4 is 10.0 Å². The third-order valence-corrected chi connectivity index (χ3v) is 4.72. The fraction of sp³-hybridized carbons (Fsp3) is 0.462. The molecule has 0 aliphatic carbocycles. The molecule has 2 heterocycles. The number of aryl methyl sites for hydroxylation is 2. The number of nitrogens with zero attached hydrogens (tertiary/aromatic N) is 2. The van der Waals surface area contributed by atoms with Crippen LogP contribution in [-0.2, 0) is 30.2 Å². The van der Waals surface area contributed by atoms with Crippen LogP contribution >= 0.6 is 0 Å². The smallest absolute Gasteiger partial charge is 0.273 e. The first-order valence-corrected chi connectivity index (χ1v) is 8.05. The predicted octanol–water partition coefficient (Wildman–Crippen LogP) is 0.828. The van der Waals surface area contributed by atoms with Gasteiger partial charge in [-0.25, -0.2) is 13.1 Å². The molecule has 0 aliphatic rings. The van der Waals surface area contributed by atoms with Crippen molar-refractivity contribution in [2.45, 2.75) is 32.0 Å². The number of furan rings is 1. The Hall–Kier alpha value is -1.64. The average Bonchev–Trinajstić information content (AvgIpc) is 3.00. The van der Waals surface area contributed by atoms with Gasteiger partial charge in [0, 0.05) is 24.8 Å². The van der Waals surface area contributed by atoms with E-state index in [9.17, 15) is 8.42 Å². The first-order valence-electron chi connectivity index (χ1n) is 6.57. The van der Waals surface area contributed by atoms with Crippen LogP contribution in [0.25, 0.3) is 0 Å². The summed E-state index contributed by atoms with van der Waals surface area (Å²) in [4.78, 5) is 0. The lowest BCUT2D eigenvalue weighted by molar-refractivity contribution is 0.400. The van der Waals surface area contributed by atoms with Gasteiger partial charge in [-0.1, -0.05) is 0 Å². The van der Waals surface area contributed by atoms with E-state index in [1.165, 1.54) is 13.1 Å². The molecule has 21 heavy (non-hydrogen) atoms. The van der Waals surface area contributed by atoms with E-state index in [1.54, 1.807) is 6.07 Å². The van der Waals surface area contributed by atoms with Crippen molar-refractivity contribution >= 4 is 10.0 Å². The second kappa shape index (κ2) is 6.00. The molecular formula is C13H20N4O3S. The maximum absolute atomic E-state index is 11.6. The fourth-order valence-corrected chi connectivity index (χ4v) is 2.75. The lowest BCUT2D eigenvalue weighted by Crippen LogP contribution is -2.18. The monoisotopic (exact) mass is 312 g/mol. The highest BCUT2D eigenvalue weighted by Crippen LogP contribution is 2.14. The van der Waals surface area contributed by atoms with Crippen molar-refractivity contribution in [1.29, 1.82) is 0 Å². The van der Waals surface area contributed by atoms with Crippen molar-refractivity contribution in [3.8, 4) is 0 Å². The van der Waals surface area contributed by atoms with Crippen LogP contribution in [0.4, 0.5) is 0 Å². The van der Waals surface area contributed by atoms with Gasteiger partial charge in [-0.3, -0.25) is 4.68 Å². The van der Waals surface area contributed by atoms with E-state index in [0.717, 1.165) is 17.0 Å². The molecule has 0 aliphatic heterocycles. The van der Waals surface area contributed by atoms with Gasteiger partial charge >= 0.3 is 0 Å². The summed E-state index contributed by atoms with van der Waals surface area (Å²) in [5, 5.41) is 7.51. The normalized spacial score (nSPS) is 12.0. The second-order valence-electron chi connectivity index (χ2n) is 4.80. The van der Waals surface area contributed by atoms with Gasteiger partial charge in [0.15, 0.2) is 0 Å². The largest absolute Gasteiger partial charge is 0.447 e. The molecule has 0 radical (unpaired) electrons. The number of hydrogen-bond acceptors (Lipinski definition) is 5. The first-order chi connectivity index (χ1) is 9.85. The minimum absolute atomic E-state index is 0.0736. The summed E-state index contributed by atoms with van der Waals surface area (Å²) in [7, 11) is -0.262. The zero-order chi connectivity index (χ0) is 15.6. The van der Waals surface area contributed by atoms with Crippen LogP contribution in [0, 0.1) is 13.8 Å². The van der Waals surface area contributed by atoms with Crippen molar-refractivity contribution in [3.05, 3.63) is 34.8 Å². The summed E-state index contributed by atoms with van der Waals surface area (Å²) in [6, 6.07) is 3.10. The van der Waals surface area contributed by atoms with E-state index < -0.39 is 10.0 Å². The molecule has 2 aromatic rings. The van der Waals surface area contributed by atoms with Crippen LogP contribution in [0.1, 0.15) is 22.7 Å². The fourth-order valence-electron chi connectivity index (χ4n) is 2.08. The molecular weight excluding hydrogens is 292 g/mol. The van der Waals surface area contributed by atoms with Crippen LogP contribution in [0.15, 0.2) is 21.6 Å². The Labute approximate surface area is 124 Å². The number of aromatic nitrogens is 2. The van der Waals surface area contributed by atoms with Crippen molar-refractivity contribution in [2.24, 2.45) is 7.05 Å². The molecule has 2 N–H and O–H groups in total. The van der Waals surface area contributed by atoms with Crippen molar-refractivity contribution < 1.29 is 12.8 Å². The summed E-state index contributed by atoms with van der Waals surface area (Å²) in [6.07, 6.45) is 0. The molecule has 7 nitrogen and oxygen atoms in total. The maximum Gasteiger partial charge on any atom is 0.273 e. The standard InChI is InChI=1S/C13H20N4O3S/c1-9-12(10(2)17(4)16-9)8-15-7-11-5-6-13(20-11)21(18,19)14-3/h5-6,14-15H,7-8H2,1-4H3. The van der Waals surface area contributed by atoms with E-state index in [1.807, 2.05) is 25.6 Å². The molecule has 116 valence electrons. The lowest BCUT2D eigenvalue weighted by Gasteiger charge is -2.04. The molecule has 0 fully saturated rings. The third-order valence-electron chi connectivity index (χ3n) is 3.43. The predicted molar refractivity (Wildman–Crippen MR) is 78.2 cm³/mol. The summed E-state index contributed by atoms with van der Waals surface area (Å²) >= 11 is 0. The molecule has 0 spiro atoms. The van der Waals surface area contributed by atoms with Crippen LogP contribution in [0.3, 0.4) is 0 Å². The molecule has 0 amide bonds. The topological polar surface area (TPSA) is 89.2 Å². The lowest BCUT2D eigenvalue weighted by atomic mass is 10.2. The summed E-state index contributed by atoms with van der Waals surface area (Å²) < 4.78 is 32.5. The number of nitrogens with one attached hydrogen (secondary N) is 2. The molecule has 0 unspecified atom stereocenters. The van der Waals surface area contributed by atoms with Gasteiger partial charge in [0.05, 0.1) is 12.2 Å². The van der Waals surface area contributed by atoms with Crippen LogP contribution in [-0.4, -0.2) is 25.2 Å². The van der Waals surface area contributed by atoms with Crippen molar-refractivity contribution in [2.75, 3.05) is 7.05 Å². The van der Waals surface area contributed by atoms with E-state index >= 15 is 0 Å². The quantitative estimate of drug-likeness (QED) is 0.824. The average molecular weight is 312 g/mol. The number of hydrogen-bond donors (Lipinski definition) is 2. The first kappa shape index (κ1) is 15.7. The molecule has 0 aromatic carbocycles. The van der Waals surface area contributed by atoms with Crippen molar-refractivity contribution in [1.82, 2.24) is 19.8 Å². The molecule has 0 saturated carbocycles. The Morgan fingerprint density at radius 2 is 2.00 bits per heavy atom. The second-order valence-corrected chi connectivity index (χ2v) is 6.62. The molecule has 2 rings (SSSR count). The molecule has 8 heteroatoms. The van der Waals surface area contributed by atoms with Gasteiger partial charge in [-0.15, -0.1) is 0 Å². The van der Waals surface area contributed by atoms with E-state index in [4.69, 9.17) is 4.42 Å². The van der Waals surface area contributed by atoms with Gasteiger partial charge < -0.3 is 9.73 Å². The molecule has 0 atom stereocenters. The summed E-state index contributed by atoms with van der Waals surface area (Å²) in [6.45, 7) is 5.09. The Bertz CT molecular complexity index is 731. The van der Waals surface area contributed by atoms with Gasteiger partial charge in [0.25, 0.3) is 10.0 Å². The molecule has 0 bridgehead atoms. The zero-order valence-electron chi connectivity index (χ0n) is 12.6. The van der Waals surface area contributed by atoms with Gasteiger partial charge in [-0.2, -0.15) is 5.10 Å². The van der Waals surface area contributed by atoms with Gasteiger partial charge in [-0.05, 0) is 33.0 Å². The van der Waals surface area contributed by atoms with Crippen LogP contribution in [0.5, 0.6) is 0 Å². The number of rotatable bonds is 6. The third kappa shape index (κ3) is 3.34. The minimum Gasteiger partial charge on any atom is -0.447 e. The number of sulfonamides is 1. The molecule has 0 saturated heterocycles. The highest BCUT2D eigenvalue weighted by molar-refractivity contribution is 7.89. The van der Waals surface area contributed by atoms with E-state index in [0.29, 0.717) is 18.8 Å². The Morgan fingerprint density at radius 3 is 2.57 bits per heavy atom. The van der Waals surface area contributed by atoms with Gasteiger partial charge in [0.1, 0.15) is 5.76 Å². The summed E-state index contributed by atoms with van der Waals surface area (Å²) in [5.74, 6) is 0.572. The molecule has 2 aromatic heterocycles. The highest BCUT2D eigenvalue weighted by Gasteiger charge is 2.16.